The van der Waals surface area contributed by atoms with Gasteiger partial charge in [0.2, 0.25) is 12.4 Å². The number of carbonyl (C=O) groups excluding carboxylic acids is 4. The second kappa shape index (κ2) is 11.7. The van der Waals surface area contributed by atoms with Crippen molar-refractivity contribution >= 4 is 39.8 Å². The highest BCUT2D eigenvalue weighted by Crippen LogP contribution is 2.40. The highest BCUT2D eigenvalue weighted by atomic mass is 79.9. The predicted octanol–water partition coefficient (Wildman–Crippen LogP) is 2.93. The molecule has 0 aliphatic carbocycles. The summed E-state index contributed by atoms with van der Waals surface area (Å²) < 4.78 is 72.6. The highest BCUT2D eigenvalue weighted by molar-refractivity contribution is 9.10. The summed E-state index contributed by atoms with van der Waals surface area (Å²) in [6.45, 7) is 3.58. The van der Waals surface area contributed by atoms with Gasteiger partial charge in [-0.3, -0.25) is 19.2 Å². The van der Waals surface area contributed by atoms with E-state index in [4.69, 9.17) is 28.4 Å². The van der Waals surface area contributed by atoms with E-state index in [1.165, 1.54) is 6.07 Å². The van der Waals surface area contributed by atoms with Gasteiger partial charge in [0.05, 0.1) is 5.56 Å². The number of ether oxygens (including phenoxy) is 6. The van der Waals surface area contributed by atoms with E-state index in [1.54, 1.807) is 0 Å². The summed E-state index contributed by atoms with van der Waals surface area (Å²) in [6, 6.07) is 3.04. The van der Waals surface area contributed by atoms with Crippen molar-refractivity contribution in [1.29, 1.82) is 0 Å². The Hall–Kier alpha value is -2.87. The number of hydrogen-bond donors (Lipinski definition) is 0. The fourth-order valence-electron chi connectivity index (χ4n) is 3.24. The van der Waals surface area contributed by atoms with Gasteiger partial charge >= 0.3 is 30.1 Å². The standard InChI is InChI=1S/C21H22BrF3O10/c1-9(26)30-8-16-17(31-10(2)27)18(32-11(3)28)19(33-12(4)29)20(35-16)34-15-6-5-13(22)7-14(15)21(23,24)25/h5-7,16-20H,8H2,1-4H3. The Kier molecular flexibility index (Phi) is 9.49. The lowest BCUT2D eigenvalue weighted by atomic mass is 9.98. The van der Waals surface area contributed by atoms with Crippen LogP contribution in [0.1, 0.15) is 33.3 Å². The van der Waals surface area contributed by atoms with Crippen LogP contribution in [0.3, 0.4) is 0 Å². The summed E-state index contributed by atoms with van der Waals surface area (Å²) in [5.74, 6) is -4.10. The molecule has 0 radical (unpaired) electrons. The third-order valence-corrected chi connectivity index (χ3v) is 4.93. The van der Waals surface area contributed by atoms with Crippen molar-refractivity contribution in [2.75, 3.05) is 6.61 Å². The topological polar surface area (TPSA) is 124 Å². The second-order valence-electron chi connectivity index (χ2n) is 7.32. The molecule has 10 nitrogen and oxygen atoms in total. The Morgan fingerprint density at radius 1 is 0.886 bits per heavy atom. The van der Waals surface area contributed by atoms with Crippen LogP contribution < -0.4 is 4.74 Å². The highest BCUT2D eigenvalue weighted by Gasteiger charge is 2.53. The lowest BCUT2D eigenvalue weighted by Crippen LogP contribution is -2.63. The molecule has 1 aromatic carbocycles. The molecule has 0 amide bonds. The summed E-state index contributed by atoms with van der Waals surface area (Å²) in [4.78, 5) is 46.7. The van der Waals surface area contributed by atoms with Crippen molar-refractivity contribution < 1.29 is 60.8 Å². The Morgan fingerprint density at radius 2 is 1.43 bits per heavy atom. The van der Waals surface area contributed by atoms with Gasteiger partial charge in [-0.05, 0) is 18.2 Å². The molecule has 35 heavy (non-hydrogen) atoms. The minimum Gasteiger partial charge on any atom is -0.463 e. The molecule has 1 saturated heterocycles. The number of benzene rings is 1. The number of esters is 4. The average molecular weight is 571 g/mol. The Bertz CT molecular complexity index is 967. The van der Waals surface area contributed by atoms with Crippen LogP contribution in [0.4, 0.5) is 13.2 Å². The van der Waals surface area contributed by atoms with Crippen molar-refractivity contribution in [1.82, 2.24) is 0 Å². The van der Waals surface area contributed by atoms with Gasteiger partial charge in [-0.15, -0.1) is 0 Å². The van der Waals surface area contributed by atoms with Crippen LogP contribution in [0.25, 0.3) is 0 Å². The molecule has 0 saturated carbocycles. The van der Waals surface area contributed by atoms with E-state index in [2.05, 4.69) is 15.9 Å². The van der Waals surface area contributed by atoms with Crippen molar-refractivity contribution in [2.45, 2.75) is 64.6 Å². The van der Waals surface area contributed by atoms with Crippen LogP contribution in [-0.4, -0.2) is 61.2 Å². The number of rotatable bonds is 7. The quantitative estimate of drug-likeness (QED) is 0.357. The third-order valence-electron chi connectivity index (χ3n) is 4.44. The van der Waals surface area contributed by atoms with E-state index in [0.717, 1.165) is 39.8 Å². The third kappa shape index (κ3) is 8.09. The molecule has 0 spiro atoms. The van der Waals surface area contributed by atoms with Gasteiger partial charge in [0.25, 0.3) is 0 Å². The van der Waals surface area contributed by atoms with Gasteiger partial charge in [-0.2, -0.15) is 13.2 Å². The zero-order valence-electron chi connectivity index (χ0n) is 18.9. The maximum atomic E-state index is 13.6. The SMILES string of the molecule is CC(=O)OCC1OC(Oc2ccc(Br)cc2C(F)(F)F)C(OC(C)=O)C(OC(C)=O)C1OC(C)=O. The van der Waals surface area contributed by atoms with Gasteiger partial charge in [0, 0.05) is 32.2 Å². The second-order valence-corrected chi connectivity index (χ2v) is 8.24. The van der Waals surface area contributed by atoms with Crippen LogP contribution in [0.2, 0.25) is 0 Å². The van der Waals surface area contributed by atoms with Crippen LogP contribution in [0.5, 0.6) is 5.75 Å². The van der Waals surface area contributed by atoms with Crippen LogP contribution >= 0.6 is 15.9 Å². The fourth-order valence-corrected chi connectivity index (χ4v) is 3.60. The molecule has 5 atom stereocenters. The molecule has 0 aromatic heterocycles. The Labute approximate surface area is 206 Å². The molecular formula is C21H22BrF3O10. The maximum absolute atomic E-state index is 13.6. The van der Waals surface area contributed by atoms with Gasteiger partial charge < -0.3 is 28.4 Å². The molecule has 1 aliphatic rings. The van der Waals surface area contributed by atoms with E-state index in [0.29, 0.717) is 0 Å². The van der Waals surface area contributed by atoms with Gasteiger partial charge in [0.1, 0.15) is 18.5 Å². The molecule has 1 fully saturated rings. The van der Waals surface area contributed by atoms with E-state index in [-0.39, 0.29) is 4.47 Å². The maximum Gasteiger partial charge on any atom is 0.420 e. The van der Waals surface area contributed by atoms with E-state index in [1.807, 2.05) is 0 Å². The molecule has 0 N–H and O–H groups in total. The van der Waals surface area contributed by atoms with Crippen molar-refractivity contribution in [3.63, 3.8) is 0 Å². The molecule has 1 aromatic rings. The largest absolute Gasteiger partial charge is 0.463 e. The van der Waals surface area contributed by atoms with Gasteiger partial charge in [-0.1, -0.05) is 15.9 Å². The van der Waals surface area contributed by atoms with Crippen LogP contribution in [0, 0.1) is 0 Å². The zero-order chi connectivity index (χ0) is 26.5. The zero-order valence-corrected chi connectivity index (χ0v) is 20.5. The van der Waals surface area contributed by atoms with Crippen molar-refractivity contribution in [3.05, 3.63) is 28.2 Å². The fraction of sp³-hybridized carbons (Fsp3) is 0.524. The average Bonchev–Trinajstić information content (AvgIpc) is 2.70. The molecular weight excluding hydrogens is 549 g/mol. The first-order chi connectivity index (χ1) is 16.2. The minimum absolute atomic E-state index is 0.110. The monoisotopic (exact) mass is 570 g/mol. The molecule has 1 heterocycles. The number of carbonyl (C=O) groups is 4. The summed E-state index contributed by atoms with van der Waals surface area (Å²) in [6.07, 6.45) is -12.7. The summed E-state index contributed by atoms with van der Waals surface area (Å²) >= 11 is 2.96. The van der Waals surface area contributed by atoms with E-state index < -0.39 is 78.7 Å². The van der Waals surface area contributed by atoms with Crippen LogP contribution in [-0.2, 0) is 49.0 Å². The first-order valence-corrected chi connectivity index (χ1v) is 10.8. The number of alkyl halides is 3. The number of halogens is 4. The molecule has 2 rings (SSSR count). The van der Waals surface area contributed by atoms with Crippen molar-refractivity contribution in [2.24, 2.45) is 0 Å². The first-order valence-electron chi connectivity index (χ1n) is 10.0. The minimum atomic E-state index is -4.84. The van der Waals surface area contributed by atoms with Crippen LogP contribution in [0.15, 0.2) is 22.7 Å². The van der Waals surface area contributed by atoms with E-state index >= 15 is 0 Å². The Balaban J connectivity index is 2.56. The summed E-state index contributed by atoms with van der Waals surface area (Å²) in [7, 11) is 0. The van der Waals surface area contributed by atoms with E-state index in [9.17, 15) is 32.3 Å². The summed E-state index contributed by atoms with van der Waals surface area (Å²) in [5, 5.41) is 0. The lowest BCUT2D eigenvalue weighted by molar-refractivity contribution is -0.289. The molecule has 14 heteroatoms. The lowest BCUT2D eigenvalue weighted by Gasteiger charge is -2.44. The number of hydrogen-bond acceptors (Lipinski definition) is 10. The van der Waals surface area contributed by atoms with Gasteiger partial charge in [0.15, 0.2) is 12.2 Å². The predicted molar refractivity (Wildman–Crippen MR) is 112 cm³/mol. The molecule has 1 aliphatic heterocycles. The summed E-state index contributed by atoms with van der Waals surface area (Å²) in [5.41, 5.74) is -1.18. The van der Waals surface area contributed by atoms with Crippen molar-refractivity contribution in [3.8, 4) is 5.75 Å². The molecule has 5 unspecified atom stereocenters. The first kappa shape index (κ1) is 28.4. The molecule has 194 valence electrons. The normalized spacial score (nSPS) is 24.2. The Morgan fingerprint density at radius 3 is 1.94 bits per heavy atom. The smallest absolute Gasteiger partial charge is 0.420 e. The molecule has 0 bridgehead atoms. The van der Waals surface area contributed by atoms with Gasteiger partial charge in [-0.25, -0.2) is 0 Å².